The predicted octanol–water partition coefficient (Wildman–Crippen LogP) is 1.37. The maximum Gasteiger partial charge on any atom is 0.338 e. The van der Waals surface area contributed by atoms with Gasteiger partial charge >= 0.3 is 12.0 Å². The first kappa shape index (κ1) is 16.4. The minimum Gasteiger partial charge on any atom is -0.463 e. The number of hydrogen-bond donors (Lipinski definition) is 2. The molecule has 2 rings (SSSR count). The van der Waals surface area contributed by atoms with E-state index in [9.17, 15) is 19.7 Å². The van der Waals surface area contributed by atoms with E-state index >= 15 is 0 Å². The highest BCUT2D eigenvalue weighted by atomic mass is 16.6. The summed E-state index contributed by atoms with van der Waals surface area (Å²) in [4.78, 5) is 34.5. The summed E-state index contributed by atoms with van der Waals surface area (Å²) in [7, 11) is 0. The number of carbonyl (C=O) groups is 2. The molecule has 1 atom stereocenters. The van der Waals surface area contributed by atoms with Crippen LogP contribution in [0.4, 0.5) is 10.5 Å². The summed E-state index contributed by atoms with van der Waals surface area (Å²) >= 11 is 0. The molecule has 1 aromatic rings. The molecule has 1 heterocycles. The molecule has 0 fully saturated rings. The van der Waals surface area contributed by atoms with Gasteiger partial charge in [0.15, 0.2) is 0 Å². The third-order valence-corrected chi connectivity index (χ3v) is 3.44. The number of benzene rings is 1. The van der Waals surface area contributed by atoms with Crippen molar-refractivity contribution in [2.45, 2.75) is 19.9 Å². The fourth-order valence-corrected chi connectivity index (χ4v) is 2.30. The zero-order valence-electron chi connectivity index (χ0n) is 12.6. The van der Waals surface area contributed by atoms with Crippen LogP contribution in [0.5, 0.6) is 0 Å². The number of nitrogens with one attached hydrogen (secondary N) is 1. The second-order valence-corrected chi connectivity index (χ2v) is 4.82. The van der Waals surface area contributed by atoms with E-state index in [0.717, 1.165) is 5.01 Å². The van der Waals surface area contributed by atoms with Crippen molar-refractivity contribution in [3.8, 4) is 0 Å². The van der Waals surface area contributed by atoms with Gasteiger partial charge in [0.2, 0.25) is 0 Å². The highest BCUT2D eigenvalue weighted by Gasteiger charge is 2.35. The number of urea groups is 1. The summed E-state index contributed by atoms with van der Waals surface area (Å²) in [5.74, 6) is 4.97. The number of allylic oxidation sites excluding steroid dienone is 1. The van der Waals surface area contributed by atoms with Crippen LogP contribution in [-0.2, 0) is 9.53 Å². The number of rotatable bonds is 4. The van der Waals surface area contributed by atoms with Gasteiger partial charge in [-0.2, -0.15) is 0 Å². The van der Waals surface area contributed by atoms with Crippen LogP contribution >= 0.6 is 0 Å². The maximum atomic E-state index is 12.2. The van der Waals surface area contributed by atoms with Crippen LogP contribution in [0, 0.1) is 10.1 Å². The lowest BCUT2D eigenvalue weighted by atomic mass is 9.95. The summed E-state index contributed by atoms with van der Waals surface area (Å²) < 4.78 is 5.00. The Balaban J connectivity index is 2.53. The molecule has 23 heavy (non-hydrogen) atoms. The Morgan fingerprint density at radius 1 is 1.52 bits per heavy atom. The number of nitrogens with zero attached hydrogens (tertiary/aromatic N) is 2. The zero-order valence-corrected chi connectivity index (χ0v) is 12.6. The zero-order chi connectivity index (χ0) is 17.1. The van der Waals surface area contributed by atoms with E-state index in [4.69, 9.17) is 10.6 Å². The van der Waals surface area contributed by atoms with E-state index in [1.165, 1.54) is 25.1 Å². The van der Waals surface area contributed by atoms with Crippen molar-refractivity contribution in [1.29, 1.82) is 0 Å². The fourth-order valence-electron chi connectivity index (χ4n) is 2.30. The lowest BCUT2D eigenvalue weighted by molar-refractivity contribution is -0.384. The van der Waals surface area contributed by atoms with Crippen LogP contribution in [0.25, 0.3) is 0 Å². The van der Waals surface area contributed by atoms with E-state index in [-0.39, 0.29) is 23.6 Å². The minimum atomic E-state index is -0.874. The second-order valence-electron chi connectivity index (χ2n) is 4.82. The van der Waals surface area contributed by atoms with Crippen molar-refractivity contribution < 1.29 is 19.2 Å². The van der Waals surface area contributed by atoms with Gasteiger partial charge in [0.05, 0.1) is 23.1 Å². The van der Waals surface area contributed by atoms with Crippen LogP contribution < -0.4 is 11.2 Å². The predicted molar refractivity (Wildman–Crippen MR) is 79.7 cm³/mol. The van der Waals surface area contributed by atoms with Crippen LogP contribution in [0.1, 0.15) is 25.5 Å². The number of ether oxygens (including phenoxy) is 1. The highest BCUT2D eigenvalue weighted by molar-refractivity contribution is 5.94. The number of amides is 2. The Morgan fingerprint density at radius 2 is 2.22 bits per heavy atom. The lowest BCUT2D eigenvalue weighted by Gasteiger charge is -2.32. The molecule has 3 N–H and O–H groups in total. The van der Waals surface area contributed by atoms with Crippen molar-refractivity contribution >= 4 is 17.7 Å². The van der Waals surface area contributed by atoms with Crippen LogP contribution in [0.3, 0.4) is 0 Å². The molecule has 0 spiro atoms. The molecule has 0 saturated carbocycles. The maximum absolute atomic E-state index is 12.2. The van der Waals surface area contributed by atoms with Gasteiger partial charge in [0, 0.05) is 17.8 Å². The molecule has 1 aliphatic rings. The number of esters is 1. The molecular formula is C14H16N4O5. The Bertz CT molecular complexity index is 700. The van der Waals surface area contributed by atoms with Crippen LogP contribution in [0.15, 0.2) is 35.5 Å². The number of hydrazine groups is 1. The molecule has 9 nitrogen and oxygen atoms in total. The first-order valence-corrected chi connectivity index (χ1v) is 6.84. The number of nitro benzene ring substituents is 1. The number of hydrogen-bond acceptors (Lipinski definition) is 6. The molecule has 1 aromatic carbocycles. The Labute approximate surface area is 131 Å². The molecule has 122 valence electrons. The van der Waals surface area contributed by atoms with Crippen LogP contribution in [-0.4, -0.2) is 28.5 Å². The summed E-state index contributed by atoms with van der Waals surface area (Å²) in [6, 6.07) is 4.19. The molecule has 0 aliphatic carbocycles. The normalized spacial score (nSPS) is 17.8. The van der Waals surface area contributed by atoms with Crippen molar-refractivity contribution in [1.82, 2.24) is 10.3 Å². The van der Waals surface area contributed by atoms with Gasteiger partial charge < -0.3 is 10.1 Å². The first-order valence-electron chi connectivity index (χ1n) is 6.84. The van der Waals surface area contributed by atoms with Gasteiger partial charge in [-0.1, -0.05) is 12.1 Å². The van der Waals surface area contributed by atoms with Gasteiger partial charge in [0.1, 0.15) is 0 Å². The average Bonchev–Trinajstić information content (AvgIpc) is 2.52. The lowest BCUT2D eigenvalue weighted by Crippen LogP contribution is -2.51. The van der Waals surface area contributed by atoms with Crippen molar-refractivity contribution in [2.24, 2.45) is 5.84 Å². The summed E-state index contributed by atoms with van der Waals surface area (Å²) in [6.07, 6.45) is 0. The molecule has 0 aromatic heterocycles. The summed E-state index contributed by atoms with van der Waals surface area (Å²) in [5, 5.41) is 14.3. The molecule has 0 bridgehead atoms. The highest BCUT2D eigenvalue weighted by Crippen LogP contribution is 2.31. The number of nitro groups is 1. The van der Waals surface area contributed by atoms with Gasteiger partial charge in [-0.25, -0.2) is 20.4 Å². The summed E-state index contributed by atoms with van der Waals surface area (Å²) in [5.41, 5.74) is 0.606. The van der Waals surface area contributed by atoms with E-state index in [1.54, 1.807) is 13.0 Å². The fraction of sp³-hybridized carbons (Fsp3) is 0.286. The largest absolute Gasteiger partial charge is 0.463 e. The van der Waals surface area contributed by atoms with Gasteiger partial charge in [-0.15, -0.1) is 0 Å². The average molecular weight is 320 g/mol. The van der Waals surface area contributed by atoms with Crippen LogP contribution in [0.2, 0.25) is 0 Å². The number of non-ortho nitro benzene ring substituents is 1. The molecule has 1 aliphatic heterocycles. The quantitative estimate of drug-likeness (QED) is 0.283. The Morgan fingerprint density at radius 3 is 2.83 bits per heavy atom. The van der Waals surface area contributed by atoms with E-state index in [0.29, 0.717) is 5.56 Å². The Kier molecular flexibility index (Phi) is 4.60. The summed E-state index contributed by atoms with van der Waals surface area (Å²) in [6.45, 7) is 3.31. The SMILES string of the molecule is CCOC(=O)C1=C(C)N(N)C(=O)N[C@H]1c1cccc([N+](=O)[O-])c1. The molecule has 2 amide bonds. The van der Waals surface area contributed by atoms with E-state index in [2.05, 4.69) is 5.32 Å². The third kappa shape index (κ3) is 3.14. The number of carbonyl (C=O) groups excluding carboxylic acids is 2. The van der Waals surface area contributed by atoms with E-state index < -0.39 is 23.0 Å². The van der Waals surface area contributed by atoms with E-state index in [1.807, 2.05) is 0 Å². The van der Waals surface area contributed by atoms with Gasteiger partial charge in [-0.3, -0.25) is 10.1 Å². The topological polar surface area (TPSA) is 128 Å². The number of nitrogens with two attached hydrogens (primary N) is 1. The molecule has 0 radical (unpaired) electrons. The molecular weight excluding hydrogens is 304 g/mol. The molecule has 0 saturated heterocycles. The monoisotopic (exact) mass is 320 g/mol. The first-order chi connectivity index (χ1) is 10.9. The van der Waals surface area contributed by atoms with Crippen molar-refractivity contribution in [3.63, 3.8) is 0 Å². The standard InChI is InChI=1S/C14H16N4O5/c1-3-23-13(19)11-8(2)17(15)14(20)16-12(11)9-5-4-6-10(7-9)18(21)22/h4-7,12H,3,15H2,1-2H3,(H,16,20)/t12-/m0/s1. The van der Waals surface area contributed by atoms with Gasteiger partial charge in [0.25, 0.3) is 5.69 Å². The third-order valence-electron chi connectivity index (χ3n) is 3.44. The molecule has 9 heteroatoms. The van der Waals surface area contributed by atoms with Crippen molar-refractivity contribution in [2.75, 3.05) is 6.61 Å². The minimum absolute atomic E-state index is 0.134. The smallest absolute Gasteiger partial charge is 0.338 e. The van der Waals surface area contributed by atoms with Crippen molar-refractivity contribution in [3.05, 3.63) is 51.2 Å². The second kappa shape index (κ2) is 6.44. The molecule has 0 unspecified atom stereocenters. The van der Waals surface area contributed by atoms with Gasteiger partial charge in [-0.05, 0) is 19.4 Å². The Hall–Kier alpha value is -2.94.